The Labute approximate surface area is 108 Å². The monoisotopic (exact) mass is 295 g/mol. The van der Waals surface area contributed by atoms with Crippen molar-refractivity contribution in [3.8, 4) is 0 Å². The van der Waals surface area contributed by atoms with Crippen molar-refractivity contribution in [2.75, 3.05) is 0 Å². The Hall–Kier alpha value is -0.640. The maximum atomic E-state index is 6.19. The van der Waals surface area contributed by atoms with Gasteiger partial charge in [0.25, 0.3) is 0 Å². The average Bonchev–Trinajstić information content (AvgIpc) is 2.68. The van der Waals surface area contributed by atoms with Crippen LogP contribution in [-0.2, 0) is 6.42 Å². The van der Waals surface area contributed by atoms with Gasteiger partial charge < -0.3 is 5.73 Å². The molecule has 0 fully saturated rings. The van der Waals surface area contributed by atoms with Crippen molar-refractivity contribution in [2.45, 2.75) is 19.4 Å². The van der Waals surface area contributed by atoms with E-state index in [0.717, 1.165) is 10.9 Å². The fourth-order valence-corrected chi connectivity index (χ4v) is 3.31. The molecule has 0 saturated carbocycles. The van der Waals surface area contributed by atoms with Crippen LogP contribution in [0.2, 0.25) is 0 Å². The smallest absolute Gasteiger partial charge is 0.0442 e. The fourth-order valence-electron chi connectivity index (χ4n) is 1.64. The molecular weight excluding hydrogens is 282 g/mol. The standard InChI is InChI=1S/C13H14BrNS/c1-9-2-4-10(5-3-9)8-12(15)13-11(14)6-7-16-13/h2-7,12H,8,15H2,1H3. The summed E-state index contributed by atoms with van der Waals surface area (Å²) >= 11 is 5.23. The highest BCUT2D eigenvalue weighted by Crippen LogP contribution is 2.29. The number of rotatable bonds is 3. The average molecular weight is 296 g/mol. The van der Waals surface area contributed by atoms with Gasteiger partial charge in [-0.05, 0) is 46.3 Å². The lowest BCUT2D eigenvalue weighted by atomic mass is 10.0. The van der Waals surface area contributed by atoms with Crippen molar-refractivity contribution >= 4 is 27.3 Å². The van der Waals surface area contributed by atoms with Crippen LogP contribution in [0.1, 0.15) is 22.0 Å². The largest absolute Gasteiger partial charge is 0.323 e. The molecule has 0 amide bonds. The first-order valence-corrected chi connectivity index (χ1v) is 6.88. The van der Waals surface area contributed by atoms with E-state index in [1.807, 2.05) is 0 Å². The highest BCUT2D eigenvalue weighted by atomic mass is 79.9. The zero-order chi connectivity index (χ0) is 11.5. The first-order chi connectivity index (χ1) is 7.66. The Morgan fingerprint density at radius 3 is 2.50 bits per heavy atom. The van der Waals surface area contributed by atoms with E-state index in [9.17, 15) is 0 Å². The summed E-state index contributed by atoms with van der Waals surface area (Å²) in [5.41, 5.74) is 8.77. The minimum absolute atomic E-state index is 0.0806. The van der Waals surface area contributed by atoms with Crippen LogP contribution in [0, 0.1) is 6.92 Å². The first-order valence-electron chi connectivity index (χ1n) is 5.21. The minimum atomic E-state index is 0.0806. The van der Waals surface area contributed by atoms with Crippen molar-refractivity contribution in [1.29, 1.82) is 0 Å². The number of thiophene rings is 1. The molecule has 2 aromatic rings. The summed E-state index contributed by atoms with van der Waals surface area (Å²) in [6, 6.07) is 10.7. The molecule has 3 heteroatoms. The van der Waals surface area contributed by atoms with Gasteiger partial charge in [-0.15, -0.1) is 11.3 Å². The number of aryl methyl sites for hydroxylation is 1. The number of halogens is 1. The summed E-state index contributed by atoms with van der Waals surface area (Å²) in [5, 5.41) is 2.06. The Balaban J connectivity index is 2.10. The van der Waals surface area contributed by atoms with Gasteiger partial charge in [0.2, 0.25) is 0 Å². The lowest BCUT2D eigenvalue weighted by Gasteiger charge is -2.10. The molecule has 2 N–H and O–H groups in total. The maximum absolute atomic E-state index is 6.19. The van der Waals surface area contributed by atoms with Crippen LogP contribution in [0.15, 0.2) is 40.2 Å². The van der Waals surface area contributed by atoms with Crippen molar-refractivity contribution in [2.24, 2.45) is 5.73 Å². The van der Waals surface area contributed by atoms with Crippen LogP contribution in [0.5, 0.6) is 0 Å². The second-order valence-electron chi connectivity index (χ2n) is 3.93. The molecular formula is C13H14BrNS. The summed E-state index contributed by atoms with van der Waals surface area (Å²) < 4.78 is 1.12. The van der Waals surface area contributed by atoms with Gasteiger partial charge in [-0.1, -0.05) is 29.8 Å². The van der Waals surface area contributed by atoms with Crippen LogP contribution in [0.25, 0.3) is 0 Å². The molecule has 84 valence electrons. The molecule has 16 heavy (non-hydrogen) atoms. The van der Waals surface area contributed by atoms with E-state index in [1.54, 1.807) is 11.3 Å². The number of benzene rings is 1. The van der Waals surface area contributed by atoms with E-state index in [1.165, 1.54) is 16.0 Å². The Morgan fingerprint density at radius 2 is 1.94 bits per heavy atom. The molecule has 2 rings (SSSR count). The number of nitrogens with two attached hydrogens (primary N) is 1. The molecule has 0 aliphatic rings. The zero-order valence-corrected chi connectivity index (χ0v) is 11.5. The molecule has 0 saturated heterocycles. The second-order valence-corrected chi connectivity index (χ2v) is 5.73. The van der Waals surface area contributed by atoms with Gasteiger partial charge in [-0.2, -0.15) is 0 Å². The quantitative estimate of drug-likeness (QED) is 0.908. The molecule has 1 aromatic carbocycles. The molecule has 1 atom stereocenters. The van der Waals surface area contributed by atoms with Gasteiger partial charge in [-0.25, -0.2) is 0 Å². The van der Waals surface area contributed by atoms with Crippen molar-refractivity contribution in [1.82, 2.24) is 0 Å². The van der Waals surface area contributed by atoms with Crippen molar-refractivity contribution in [3.05, 3.63) is 56.2 Å². The predicted octanol–water partition coefficient (Wildman–Crippen LogP) is 4.06. The summed E-state index contributed by atoms with van der Waals surface area (Å²) in [6.07, 6.45) is 0.888. The molecule has 1 aromatic heterocycles. The highest BCUT2D eigenvalue weighted by molar-refractivity contribution is 9.10. The van der Waals surface area contributed by atoms with E-state index < -0.39 is 0 Å². The third-order valence-corrected chi connectivity index (χ3v) is 4.56. The molecule has 0 aliphatic heterocycles. The van der Waals surface area contributed by atoms with Crippen molar-refractivity contribution < 1.29 is 0 Å². The SMILES string of the molecule is Cc1ccc(CC(N)c2sccc2Br)cc1. The third-order valence-electron chi connectivity index (χ3n) is 2.56. The zero-order valence-electron chi connectivity index (χ0n) is 9.11. The summed E-state index contributed by atoms with van der Waals surface area (Å²) in [6.45, 7) is 2.10. The third kappa shape index (κ3) is 2.73. The lowest BCUT2D eigenvalue weighted by molar-refractivity contribution is 0.733. The van der Waals surface area contributed by atoms with E-state index >= 15 is 0 Å². The van der Waals surface area contributed by atoms with E-state index in [2.05, 4.69) is 58.6 Å². The van der Waals surface area contributed by atoms with Crippen LogP contribution in [0.4, 0.5) is 0 Å². The topological polar surface area (TPSA) is 26.0 Å². The lowest BCUT2D eigenvalue weighted by Crippen LogP contribution is -2.12. The Bertz CT molecular complexity index is 461. The molecule has 0 aliphatic carbocycles. The summed E-state index contributed by atoms with van der Waals surface area (Å²) in [5.74, 6) is 0. The van der Waals surface area contributed by atoms with Gasteiger partial charge in [-0.3, -0.25) is 0 Å². The van der Waals surface area contributed by atoms with Crippen LogP contribution < -0.4 is 5.73 Å². The van der Waals surface area contributed by atoms with E-state index in [-0.39, 0.29) is 6.04 Å². The summed E-state index contributed by atoms with van der Waals surface area (Å²) in [4.78, 5) is 1.22. The normalized spacial score (nSPS) is 12.7. The Morgan fingerprint density at radius 1 is 1.25 bits per heavy atom. The summed E-state index contributed by atoms with van der Waals surface area (Å²) in [7, 11) is 0. The van der Waals surface area contributed by atoms with Gasteiger partial charge in [0.05, 0.1) is 0 Å². The van der Waals surface area contributed by atoms with E-state index in [4.69, 9.17) is 5.73 Å². The maximum Gasteiger partial charge on any atom is 0.0442 e. The molecule has 0 spiro atoms. The van der Waals surface area contributed by atoms with Gasteiger partial charge >= 0.3 is 0 Å². The highest BCUT2D eigenvalue weighted by Gasteiger charge is 2.11. The van der Waals surface area contributed by atoms with Crippen molar-refractivity contribution in [3.63, 3.8) is 0 Å². The number of hydrogen-bond acceptors (Lipinski definition) is 2. The van der Waals surface area contributed by atoms with Crippen LogP contribution >= 0.6 is 27.3 Å². The molecule has 1 heterocycles. The van der Waals surface area contributed by atoms with Gasteiger partial charge in [0.1, 0.15) is 0 Å². The van der Waals surface area contributed by atoms with Gasteiger partial charge in [0.15, 0.2) is 0 Å². The predicted molar refractivity (Wildman–Crippen MR) is 73.8 cm³/mol. The van der Waals surface area contributed by atoms with Crippen LogP contribution in [0.3, 0.4) is 0 Å². The fraction of sp³-hybridized carbons (Fsp3) is 0.231. The Kier molecular flexibility index (Phi) is 3.79. The molecule has 0 radical (unpaired) electrons. The molecule has 1 nitrogen and oxygen atoms in total. The second kappa shape index (κ2) is 5.13. The first kappa shape index (κ1) is 11.8. The molecule has 0 bridgehead atoms. The molecule has 1 unspecified atom stereocenters. The van der Waals surface area contributed by atoms with E-state index in [0.29, 0.717) is 0 Å². The van der Waals surface area contributed by atoms with Crippen LogP contribution in [-0.4, -0.2) is 0 Å². The minimum Gasteiger partial charge on any atom is -0.323 e. The van der Waals surface area contributed by atoms with Gasteiger partial charge in [0, 0.05) is 15.4 Å². The number of hydrogen-bond donors (Lipinski definition) is 1.